The number of hydrogen-bond acceptors (Lipinski definition) is 4. The monoisotopic (exact) mass is 342 g/mol. The van der Waals surface area contributed by atoms with Crippen LogP contribution in [-0.4, -0.2) is 68.3 Å². The number of hydrogen-bond donors (Lipinski definition) is 2. The van der Waals surface area contributed by atoms with Gasteiger partial charge in [0.2, 0.25) is 5.91 Å². The summed E-state index contributed by atoms with van der Waals surface area (Å²) in [4.78, 5) is 20.3. The third-order valence-corrected chi connectivity index (χ3v) is 5.22. The summed E-state index contributed by atoms with van der Waals surface area (Å²) in [6.07, 6.45) is 2.57. The van der Waals surface area contributed by atoms with Crippen LogP contribution in [0.2, 0.25) is 0 Å². The zero-order valence-corrected chi connectivity index (χ0v) is 14.5. The smallest absolute Gasteiger partial charge is 0.223 e. The topological polar surface area (TPSA) is 60.6 Å². The minimum absolute atomic E-state index is 0.261. The van der Waals surface area contributed by atoms with Crippen molar-refractivity contribution in [2.75, 3.05) is 57.4 Å². The average molecular weight is 342 g/mol. The van der Waals surface area contributed by atoms with Gasteiger partial charge in [0.15, 0.2) is 0 Å². The number of carbonyl (C=O) groups is 1. The Hall–Kier alpha value is -2.05. The summed E-state index contributed by atoms with van der Waals surface area (Å²) in [5, 5.41) is 4.60. The molecule has 3 heterocycles. The molecule has 25 heavy (non-hydrogen) atoms. The first kappa shape index (κ1) is 16.4. The zero-order valence-electron chi connectivity index (χ0n) is 14.5. The number of H-pyrrole nitrogens is 1. The van der Waals surface area contributed by atoms with Gasteiger partial charge in [-0.05, 0) is 18.2 Å². The van der Waals surface area contributed by atoms with E-state index in [1.54, 1.807) is 0 Å². The van der Waals surface area contributed by atoms with E-state index in [9.17, 15) is 4.79 Å². The van der Waals surface area contributed by atoms with Crippen molar-refractivity contribution >= 4 is 22.5 Å². The van der Waals surface area contributed by atoms with Gasteiger partial charge >= 0.3 is 0 Å². The molecule has 4 rings (SSSR count). The second kappa shape index (κ2) is 7.45. The number of anilines is 1. The molecule has 0 radical (unpaired) electrons. The Labute approximate surface area is 148 Å². The first-order valence-corrected chi connectivity index (χ1v) is 9.18. The van der Waals surface area contributed by atoms with Crippen molar-refractivity contribution in [2.45, 2.75) is 6.42 Å². The van der Waals surface area contributed by atoms with Crippen molar-refractivity contribution in [1.29, 1.82) is 0 Å². The van der Waals surface area contributed by atoms with Crippen molar-refractivity contribution in [3.05, 3.63) is 30.5 Å². The van der Waals surface area contributed by atoms with E-state index in [0.29, 0.717) is 18.9 Å². The molecule has 6 nitrogen and oxygen atoms in total. The van der Waals surface area contributed by atoms with Crippen LogP contribution in [0.15, 0.2) is 30.5 Å². The Morgan fingerprint density at radius 2 is 2.08 bits per heavy atom. The molecule has 2 fully saturated rings. The van der Waals surface area contributed by atoms with Crippen molar-refractivity contribution in [2.24, 2.45) is 5.92 Å². The molecule has 1 unspecified atom stereocenters. The molecular formula is C19H26N4O2. The molecule has 0 bridgehead atoms. The van der Waals surface area contributed by atoms with Gasteiger partial charge in [-0.1, -0.05) is 6.07 Å². The number of nitrogens with one attached hydrogen (secondary N) is 2. The Balaban J connectivity index is 1.35. The van der Waals surface area contributed by atoms with Gasteiger partial charge < -0.3 is 24.8 Å². The van der Waals surface area contributed by atoms with Crippen molar-refractivity contribution in [1.82, 2.24) is 15.2 Å². The van der Waals surface area contributed by atoms with Crippen LogP contribution in [0.5, 0.6) is 0 Å². The lowest BCUT2D eigenvalue weighted by Crippen LogP contribution is -2.49. The van der Waals surface area contributed by atoms with Crippen LogP contribution in [-0.2, 0) is 9.53 Å². The minimum atomic E-state index is 0.261. The summed E-state index contributed by atoms with van der Waals surface area (Å²) in [7, 11) is 0. The van der Waals surface area contributed by atoms with E-state index < -0.39 is 0 Å². The average Bonchev–Trinajstić information content (AvgIpc) is 2.99. The molecule has 1 atom stereocenters. The molecule has 2 aliphatic heterocycles. The van der Waals surface area contributed by atoms with Gasteiger partial charge in [-0.3, -0.25) is 4.79 Å². The highest BCUT2D eigenvalue weighted by Crippen LogP contribution is 2.27. The number of piperazine rings is 1. The van der Waals surface area contributed by atoms with Gasteiger partial charge in [0.25, 0.3) is 0 Å². The fraction of sp³-hybridized carbons (Fsp3) is 0.526. The second-order valence-electron chi connectivity index (χ2n) is 6.93. The predicted molar refractivity (Wildman–Crippen MR) is 98.9 cm³/mol. The van der Waals surface area contributed by atoms with Gasteiger partial charge in [-0.2, -0.15) is 0 Å². The number of aromatic nitrogens is 1. The summed E-state index contributed by atoms with van der Waals surface area (Å²) in [5.74, 6) is 0.554. The molecule has 2 aromatic rings. The van der Waals surface area contributed by atoms with Crippen LogP contribution in [0.1, 0.15) is 6.42 Å². The van der Waals surface area contributed by atoms with E-state index in [2.05, 4.69) is 39.5 Å². The number of aromatic amines is 1. The Morgan fingerprint density at radius 1 is 1.20 bits per heavy atom. The SMILES string of the molecule is O=C(CC1CNCCOC1)N1CCN(c2cccc3[nH]ccc23)CC1. The fourth-order valence-corrected chi connectivity index (χ4v) is 3.81. The molecule has 2 N–H and O–H groups in total. The molecule has 6 heteroatoms. The number of fused-ring (bicyclic) bond motifs is 1. The lowest BCUT2D eigenvalue weighted by molar-refractivity contribution is -0.132. The Morgan fingerprint density at radius 3 is 2.96 bits per heavy atom. The molecule has 1 aromatic heterocycles. The van der Waals surface area contributed by atoms with E-state index in [1.165, 1.54) is 11.1 Å². The second-order valence-corrected chi connectivity index (χ2v) is 6.93. The summed E-state index contributed by atoms with van der Waals surface area (Å²) in [6.45, 7) is 6.55. The third-order valence-electron chi connectivity index (χ3n) is 5.22. The van der Waals surface area contributed by atoms with Crippen molar-refractivity contribution < 1.29 is 9.53 Å². The minimum Gasteiger partial charge on any atom is -0.380 e. The van der Waals surface area contributed by atoms with Gasteiger partial charge in [0.1, 0.15) is 0 Å². The summed E-state index contributed by atoms with van der Waals surface area (Å²) in [6, 6.07) is 8.48. The van der Waals surface area contributed by atoms with E-state index in [4.69, 9.17) is 4.74 Å². The maximum atomic E-state index is 12.6. The number of ether oxygens (including phenoxy) is 1. The fourth-order valence-electron chi connectivity index (χ4n) is 3.81. The van der Waals surface area contributed by atoms with Crippen LogP contribution >= 0.6 is 0 Å². The van der Waals surface area contributed by atoms with Crippen LogP contribution in [0.3, 0.4) is 0 Å². The summed E-state index contributed by atoms with van der Waals surface area (Å²) < 4.78 is 5.56. The summed E-state index contributed by atoms with van der Waals surface area (Å²) >= 11 is 0. The van der Waals surface area contributed by atoms with Crippen LogP contribution in [0, 0.1) is 5.92 Å². The van der Waals surface area contributed by atoms with Crippen molar-refractivity contribution in [3.63, 3.8) is 0 Å². The highest BCUT2D eigenvalue weighted by molar-refractivity contribution is 5.92. The quantitative estimate of drug-likeness (QED) is 0.886. The summed E-state index contributed by atoms with van der Waals surface area (Å²) in [5.41, 5.74) is 2.42. The lowest BCUT2D eigenvalue weighted by atomic mass is 10.1. The number of amides is 1. The number of nitrogens with zero attached hydrogens (tertiary/aromatic N) is 2. The number of benzene rings is 1. The first-order valence-electron chi connectivity index (χ1n) is 9.18. The Bertz CT molecular complexity index is 713. The van der Waals surface area contributed by atoms with Gasteiger partial charge in [-0.15, -0.1) is 0 Å². The maximum Gasteiger partial charge on any atom is 0.223 e. The maximum absolute atomic E-state index is 12.6. The van der Waals surface area contributed by atoms with E-state index >= 15 is 0 Å². The lowest BCUT2D eigenvalue weighted by Gasteiger charge is -2.37. The highest BCUT2D eigenvalue weighted by atomic mass is 16.5. The molecule has 1 aromatic carbocycles. The van der Waals surface area contributed by atoms with Crippen LogP contribution < -0.4 is 10.2 Å². The normalized spacial score (nSPS) is 22.2. The van der Waals surface area contributed by atoms with Gasteiger partial charge in [0, 0.05) is 74.4 Å². The molecular weight excluding hydrogens is 316 g/mol. The standard InChI is InChI=1S/C19H26N4O2/c24-19(12-15-13-20-6-11-25-14-15)23-9-7-22(8-10-23)18-3-1-2-17-16(18)4-5-21-17/h1-5,15,20-21H,6-14H2. The highest BCUT2D eigenvalue weighted by Gasteiger charge is 2.25. The molecule has 1 amide bonds. The van der Waals surface area contributed by atoms with Crippen molar-refractivity contribution in [3.8, 4) is 0 Å². The predicted octanol–water partition coefficient (Wildman–Crippen LogP) is 1.44. The Kier molecular flexibility index (Phi) is 4.90. The first-order chi connectivity index (χ1) is 12.3. The molecule has 0 aliphatic carbocycles. The number of carbonyl (C=O) groups excluding carboxylic acids is 1. The van der Waals surface area contributed by atoms with Gasteiger partial charge in [-0.25, -0.2) is 0 Å². The van der Waals surface area contributed by atoms with E-state index in [0.717, 1.165) is 51.4 Å². The van der Waals surface area contributed by atoms with E-state index in [1.807, 2.05) is 11.1 Å². The molecule has 0 spiro atoms. The molecule has 0 saturated carbocycles. The molecule has 2 saturated heterocycles. The molecule has 2 aliphatic rings. The molecule has 134 valence electrons. The third kappa shape index (κ3) is 3.65. The van der Waals surface area contributed by atoms with Crippen LogP contribution in [0.4, 0.5) is 5.69 Å². The largest absolute Gasteiger partial charge is 0.380 e. The van der Waals surface area contributed by atoms with E-state index in [-0.39, 0.29) is 5.91 Å². The van der Waals surface area contributed by atoms with Crippen LogP contribution in [0.25, 0.3) is 10.9 Å². The zero-order chi connectivity index (χ0) is 17.1. The van der Waals surface area contributed by atoms with Gasteiger partial charge in [0.05, 0.1) is 13.2 Å². The number of rotatable bonds is 3.